The highest BCUT2D eigenvalue weighted by molar-refractivity contribution is 5.59. The smallest absolute Gasteiger partial charge is 0.0520 e. The van der Waals surface area contributed by atoms with Crippen LogP contribution in [0.1, 0.15) is 85.5 Å². The van der Waals surface area contributed by atoms with Crippen molar-refractivity contribution in [3.8, 4) is 0 Å². The van der Waals surface area contributed by atoms with Crippen LogP contribution in [-0.2, 0) is 0 Å². The van der Waals surface area contributed by atoms with E-state index in [1.54, 1.807) is 22.4 Å². The van der Waals surface area contributed by atoms with Crippen molar-refractivity contribution in [1.82, 2.24) is 4.90 Å². The first kappa shape index (κ1) is 37.3. The van der Waals surface area contributed by atoms with E-state index >= 15 is 0 Å². The highest BCUT2D eigenvalue weighted by atomic mass is 15.2. The van der Waals surface area contributed by atoms with Gasteiger partial charge < -0.3 is 4.90 Å². The average Bonchev–Trinajstić information content (AvgIpc) is 3.46. The van der Waals surface area contributed by atoms with E-state index in [9.17, 15) is 0 Å². The summed E-state index contributed by atoms with van der Waals surface area (Å²) in [6.45, 7) is 13.3. The van der Waals surface area contributed by atoms with E-state index in [1.165, 1.54) is 39.9 Å². The second-order valence-electron chi connectivity index (χ2n) is 17.2. The molecule has 8 rings (SSSR count). The number of allylic oxidation sites excluding steroid dienone is 29. The van der Waals surface area contributed by atoms with Gasteiger partial charge in [0, 0.05) is 23.5 Å². The van der Waals surface area contributed by atoms with Crippen LogP contribution in [0.4, 0.5) is 0 Å². The zero-order valence-electron chi connectivity index (χ0n) is 33.8. The lowest BCUT2D eigenvalue weighted by atomic mass is 9.69. The van der Waals surface area contributed by atoms with Crippen LogP contribution in [0.15, 0.2) is 202 Å². The SMILES string of the molecule is C=CCC/C=C/C1=CCC(C2=CCC(N(C3=C(C4=CC=CC5C4C4=C(C=CCC4)C5(C)C)C=CCC3)C3C=C4C=C/C(=C/C=C\C)C(C)C4=CC3)C=C2)C=C1. The summed E-state index contributed by atoms with van der Waals surface area (Å²) in [5.41, 5.74) is 15.1. The number of fused-ring (bicyclic) bond motifs is 3. The van der Waals surface area contributed by atoms with E-state index in [0.717, 1.165) is 51.4 Å². The Morgan fingerprint density at radius 1 is 0.855 bits per heavy atom. The minimum absolute atomic E-state index is 0.142. The van der Waals surface area contributed by atoms with Gasteiger partial charge in [-0.3, -0.25) is 0 Å². The molecule has 0 aromatic heterocycles. The van der Waals surface area contributed by atoms with Crippen LogP contribution in [0.5, 0.6) is 0 Å². The fourth-order valence-electron chi connectivity index (χ4n) is 10.6. The molecule has 6 atom stereocenters. The van der Waals surface area contributed by atoms with Crippen LogP contribution in [0, 0.1) is 29.1 Å². The zero-order chi connectivity index (χ0) is 37.9. The van der Waals surface area contributed by atoms with Gasteiger partial charge in [0.1, 0.15) is 0 Å². The third-order valence-electron chi connectivity index (χ3n) is 13.6. The summed E-state index contributed by atoms with van der Waals surface area (Å²) in [6.07, 6.45) is 64.7. The quantitative estimate of drug-likeness (QED) is 0.160. The lowest BCUT2D eigenvalue weighted by Gasteiger charge is -2.44. The Kier molecular flexibility index (Phi) is 11.0. The van der Waals surface area contributed by atoms with Crippen LogP contribution >= 0.6 is 0 Å². The number of nitrogens with zero attached hydrogens (tertiary/aromatic N) is 1. The maximum absolute atomic E-state index is 3.86. The molecule has 0 saturated heterocycles. The van der Waals surface area contributed by atoms with Crippen LogP contribution < -0.4 is 0 Å². The van der Waals surface area contributed by atoms with Crippen molar-refractivity contribution < 1.29 is 0 Å². The van der Waals surface area contributed by atoms with Gasteiger partial charge in [-0.1, -0.05) is 166 Å². The van der Waals surface area contributed by atoms with Crippen molar-refractivity contribution in [3.63, 3.8) is 0 Å². The molecule has 0 saturated carbocycles. The topological polar surface area (TPSA) is 3.24 Å². The molecule has 0 fully saturated rings. The summed E-state index contributed by atoms with van der Waals surface area (Å²) in [4.78, 5) is 2.87. The molecule has 282 valence electrons. The van der Waals surface area contributed by atoms with Crippen LogP contribution in [0.3, 0.4) is 0 Å². The normalized spacial score (nSPS) is 31.3. The fourth-order valence-corrected chi connectivity index (χ4v) is 10.6. The van der Waals surface area contributed by atoms with E-state index in [0.29, 0.717) is 35.8 Å². The first-order valence-electron chi connectivity index (χ1n) is 21.3. The molecule has 0 heterocycles. The molecule has 0 radical (unpaired) electrons. The molecule has 8 aliphatic rings. The first-order chi connectivity index (χ1) is 26.9. The summed E-state index contributed by atoms with van der Waals surface area (Å²) in [5, 5.41) is 0. The molecule has 0 N–H and O–H groups in total. The summed E-state index contributed by atoms with van der Waals surface area (Å²) in [5.74, 6) is 1.80. The summed E-state index contributed by atoms with van der Waals surface area (Å²) in [7, 11) is 0. The van der Waals surface area contributed by atoms with Gasteiger partial charge in [-0.2, -0.15) is 0 Å². The van der Waals surface area contributed by atoms with Crippen LogP contribution in [-0.4, -0.2) is 17.0 Å². The highest BCUT2D eigenvalue weighted by Crippen LogP contribution is 2.59. The second-order valence-corrected chi connectivity index (χ2v) is 17.2. The maximum atomic E-state index is 3.86. The minimum Gasteiger partial charge on any atom is -0.361 e. The van der Waals surface area contributed by atoms with Crippen LogP contribution in [0.25, 0.3) is 0 Å². The van der Waals surface area contributed by atoms with Crippen molar-refractivity contribution in [1.29, 1.82) is 0 Å². The molecule has 8 aliphatic carbocycles. The molecule has 0 amide bonds. The largest absolute Gasteiger partial charge is 0.361 e. The Balaban J connectivity index is 1.14. The summed E-state index contributed by atoms with van der Waals surface area (Å²) < 4.78 is 0. The Bertz CT molecular complexity index is 2070. The van der Waals surface area contributed by atoms with Crippen molar-refractivity contribution >= 4 is 0 Å². The predicted octanol–water partition coefficient (Wildman–Crippen LogP) is 13.9. The van der Waals surface area contributed by atoms with Gasteiger partial charge in [-0.05, 0) is 121 Å². The molecule has 0 aliphatic heterocycles. The summed E-state index contributed by atoms with van der Waals surface area (Å²) >= 11 is 0. The lowest BCUT2D eigenvalue weighted by Crippen LogP contribution is -2.43. The Labute approximate surface area is 332 Å². The third-order valence-corrected chi connectivity index (χ3v) is 13.6. The Morgan fingerprint density at radius 2 is 1.71 bits per heavy atom. The molecular weight excluding hydrogens is 663 g/mol. The summed E-state index contributed by atoms with van der Waals surface area (Å²) in [6, 6.07) is 0.607. The maximum Gasteiger partial charge on any atom is 0.0520 e. The Morgan fingerprint density at radius 3 is 2.51 bits per heavy atom. The molecule has 1 nitrogen and oxygen atoms in total. The third kappa shape index (κ3) is 7.28. The van der Waals surface area contributed by atoms with E-state index in [4.69, 9.17) is 0 Å². The zero-order valence-corrected chi connectivity index (χ0v) is 33.8. The van der Waals surface area contributed by atoms with Crippen LogP contribution in [0.2, 0.25) is 0 Å². The fraction of sp³-hybridized carbons (Fsp3) is 0.370. The van der Waals surface area contributed by atoms with Gasteiger partial charge >= 0.3 is 0 Å². The number of unbranched alkanes of at least 4 members (excludes halogenated alkanes) is 1. The first-order valence-corrected chi connectivity index (χ1v) is 21.3. The molecule has 0 aromatic carbocycles. The predicted molar refractivity (Wildman–Crippen MR) is 236 cm³/mol. The monoisotopic (exact) mass is 723 g/mol. The molecule has 1 heteroatoms. The highest BCUT2D eigenvalue weighted by Gasteiger charge is 2.49. The standard InChI is InChI=1S/C54H61N/c1-6-8-10-11-17-39-25-27-41(28-26-39)42-31-33-44(34-32-42)55(45-35-36-46-38(3)40(18-9-7-2)29-30-43(46)37-45)52-24-15-13-19-47(52)48-21-16-23-51-53(48)49-20-12-14-22-50(49)54(51,4)5/h6-7,9,11,13-14,16-19,21-23,25-27,29-33,36-38,41,44-45,51,53H,1,8,10,12,15,20,24,28,34-35H2,2-5H3/b9-7-,17-11+,40-18-. The van der Waals surface area contributed by atoms with Gasteiger partial charge in [-0.15, -0.1) is 6.58 Å². The van der Waals surface area contributed by atoms with E-state index < -0.39 is 0 Å². The van der Waals surface area contributed by atoms with E-state index in [-0.39, 0.29) is 5.41 Å². The average molecular weight is 724 g/mol. The van der Waals surface area contributed by atoms with Crippen molar-refractivity contribution in [3.05, 3.63) is 202 Å². The van der Waals surface area contributed by atoms with Crippen molar-refractivity contribution in [2.45, 2.75) is 97.6 Å². The molecule has 0 bridgehead atoms. The molecule has 55 heavy (non-hydrogen) atoms. The van der Waals surface area contributed by atoms with Crippen molar-refractivity contribution in [2.24, 2.45) is 29.1 Å². The lowest BCUT2D eigenvalue weighted by molar-refractivity contribution is 0.232. The molecule has 6 unspecified atom stereocenters. The molecule has 0 spiro atoms. The van der Waals surface area contributed by atoms with Gasteiger partial charge in [0.05, 0.1) is 12.1 Å². The van der Waals surface area contributed by atoms with Gasteiger partial charge in [0.2, 0.25) is 0 Å². The van der Waals surface area contributed by atoms with Gasteiger partial charge in [0.15, 0.2) is 0 Å². The molecular formula is C54H61N. The Hall–Kier alpha value is -4.62. The van der Waals surface area contributed by atoms with Gasteiger partial charge in [0.25, 0.3) is 0 Å². The number of hydrogen-bond donors (Lipinski definition) is 0. The molecule has 0 aromatic rings. The number of hydrogen-bond acceptors (Lipinski definition) is 1. The minimum atomic E-state index is 0.142. The number of rotatable bonds is 10. The van der Waals surface area contributed by atoms with Gasteiger partial charge in [-0.25, -0.2) is 0 Å². The van der Waals surface area contributed by atoms with Crippen molar-refractivity contribution in [2.75, 3.05) is 0 Å². The van der Waals surface area contributed by atoms with E-state index in [1.807, 2.05) is 6.08 Å². The van der Waals surface area contributed by atoms with E-state index in [2.05, 4.69) is 173 Å². The second kappa shape index (κ2) is 16.2.